The minimum absolute atomic E-state index is 0.182. The standard InChI is InChI=1S/C71H131NO8/c1-3-5-7-9-11-13-15-17-19-21-23-24-25-26-27-28-29-30-31-32-33-34-35-36-37-38-39-40-41-42-43-45-47-49-51-53-55-57-59-61-67(75)72-64(63-79-71-70(78)69(77)68(76)66(62-73)80-71)65(74)60-58-56-54-52-50-48-46-44-22-20-18-16-14-12-10-8-6-4-2/h15,17,21,23,25-26,50,52,58,60,64-66,68-71,73-74,76-78H,3-14,16,18-20,22,24,27-49,51,53-57,59,61-63H2,1-2H3,(H,72,75)/b17-15-,23-21-,26-25-,52-50+,60-58+. The number of rotatable bonds is 60. The summed E-state index contributed by atoms with van der Waals surface area (Å²) in [5.41, 5.74) is 0. The molecule has 0 aromatic carbocycles. The van der Waals surface area contributed by atoms with E-state index in [0.717, 1.165) is 51.4 Å². The van der Waals surface area contributed by atoms with Gasteiger partial charge in [-0.3, -0.25) is 4.79 Å². The molecule has 0 saturated carbocycles. The summed E-state index contributed by atoms with van der Waals surface area (Å²) in [5.74, 6) is -0.182. The number of aliphatic hydroxyl groups excluding tert-OH is 5. The number of carbonyl (C=O) groups excluding carboxylic acids is 1. The van der Waals surface area contributed by atoms with E-state index in [9.17, 15) is 30.3 Å². The van der Waals surface area contributed by atoms with Crippen LogP contribution in [-0.4, -0.2) is 87.5 Å². The molecule has 7 atom stereocenters. The van der Waals surface area contributed by atoms with Gasteiger partial charge in [-0.05, 0) is 70.6 Å². The third-order valence-electron chi connectivity index (χ3n) is 16.3. The molecule has 1 heterocycles. The molecule has 0 bridgehead atoms. The van der Waals surface area contributed by atoms with Crippen LogP contribution in [0.3, 0.4) is 0 Å². The van der Waals surface area contributed by atoms with Crippen LogP contribution >= 0.6 is 0 Å². The minimum atomic E-state index is -1.57. The Labute approximate surface area is 494 Å². The number of unbranched alkanes of at least 4 members (excludes halogenated alkanes) is 42. The zero-order valence-corrected chi connectivity index (χ0v) is 52.3. The number of allylic oxidation sites excluding steroid dienone is 9. The van der Waals surface area contributed by atoms with Crippen LogP contribution < -0.4 is 5.32 Å². The number of hydrogen-bond donors (Lipinski definition) is 6. The second kappa shape index (κ2) is 60.0. The van der Waals surface area contributed by atoms with E-state index in [1.165, 1.54) is 257 Å². The van der Waals surface area contributed by atoms with Gasteiger partial charge in [0.15, 0.2) is 6.29 Å². The average Bonchev–Trinajstić information content (AvgIpc) is 3.46. The van der Waals surface area contributed by atoms with Crippen molar-refractivity contribution in [2.45, 2.75) is 371 Å². The van der Waals surface area contributed by atoms with Crippen molar-refractivity contribution >= 4 is 5.91 Å². The molecule has 80 heavy (non-hydrogen) atoms. The molecule has 1 fully saturated rings. The lowest BCUT2D eigenvalue weighted by Crippen LogP contribution is -2.60. The highest BCUT2D eigenvalue weighted by Crippen LogP contribution is 2.23. The van der Waals surface area contributed by atoms with E-state index in [0.29, 0.717) is 6.42 Å². The molecule has 1 rings (SSSR count). The third-order valence-corrected chi connectivity index (χ3v) is 16.3. The van der Waals surface area contributed by atoms with Crippen molar-refractivity contribution in [2.24, 2.45) is 0 Å². The number of ether oxygens (including phenoxy) is 2. The fraction of sp³-hybridized carbons (Fsp3) is 0.845. The van der Waals surface area contributed by atoms with Crippen LogP contribution in [0.25, 0.3) is 0 Å². The van der Waals surface area contributed by atoms with Crippen LogP contribution in [0.5, 0.6) is 0 Å². The van der Waals surface area contributed by atoms with Crippen molar-refractivity contribution < 1.29 is 39.8 Å². The second-order valence-electron chi connectivity index (χ2n) is 24.0. The minimum Gasteiger partial charge on any atom is -0.394 e. The molecular weight excluding hydrogens is 995 g/mol. The van der Waals surface area contributed by atoms with E-state index in [1.54, 1.807) is 6.08 Å². The maximum atomic E-state index is 13.1. The third kappa shape index (κ3) is 48.3. The summed E-state index contributed by atoms with van der Waals surface area (Å²) in [6.45, 7) is 3.78. The predicted molar refractivity (Wildman–Crippen MR) is 341 cm³/mol. The first-order chi connectivity index (χ1) is 39.3. The molecule has 0 aromatic rings. The molecule has 7 unspecified atom stereocenters. The van der Waals surface area contributed by atoms with Crippen LogP contribution in [0.1, 0.15) is 328 Å². The van der Waals surface area contributed by atoms with Crippen LogP contribution in [0, 0.1) is 0 Å². The van der Waals surface area contributed by atoms with Gasteiger partial charge in [-0.1, -0.05) is 312 Å². The predicted octanol–water partition coefficient (Wildman–Crippen LogP) is 18.6. The van der Waals surface area contributed by atoms with E-state index >= 15 is 0 Å². The molecule has 9 heteroatoms. The molecule has 0 radical (unpaired) electrons. The van der Waals surface area contributed by atoms with Crippen molar-refractivity contribution in [3.63, 3.8) is 0 Å². The van der Waals surface area contributed by atoms with Gasteiger partial charge in [0.05, 0.1) is 25.4 Å². The van der Waals surface area contributed by atoms with Gasteiger partial charge in [-0.25, -0.2) is 0 Å². The topological polar surface area (TPSA) is 149 Å². The second-order valence-corrected chi connectivity index (χ2v) is 24.0. The van der Waals surface area contributed by atoms with Crippen molar-refractivity contribution in [2.75, 3.05) is 13.2 Å². The molecule has 1 aliphatic rings. The highest BCUT2D eigenvalue weighted by Gasteiger charge is 2.44. The molecule has 468 valence electrons. The molecular formula is C71H131NO8. The molecule has 1 aliphatic heterocycles. The first kappa shape index (κ1) is 75.9. The lowest BCUT2D eigenvalue weighted by molar-refractivity contribution is -0.302. The van der Waals surface area contributed by atoms with Crippen molar-refractivity contribution in [3.8, 4) is 0 Å². The normalized spacial score (nSPS) is 18.8. The summed E-state index contributed by atoms with van der Waals surface area (Å²) in [5, 5.41) is 54.6. The Kier molecular flexibility index (Phi) is 57.0. The number of nitrogens with one attached hydrogen (secondary N) is 1. The molecule has 0 aromatic heterocycles. The Balaban J connectivity index is 2.07. The van der Waals surface area contributed by atoms with Gasteiger partial charge in [0.2, 0.25) is 5.91 Å². The molecule has 9 nitrogen and oxygen atoms in total. The first-order valence-electron chi connectivity index (χ1n) is 34.5. The lowest BCUT2D eigenvalue weighted by atomic mass is 9.99. The monoisotopic (exact) mass is 1130 g/mol. The van der Waals surface area contributed by atoms with Crippen LogP contribution in [-0.2, 0) is 14.3 Å². The fourth-order valence-corrected chi connectivity index (χ4v) is 10.9. The van der Waals surface area contributed by atoms with Crippen LogP contribution in [0.4, 0.5) is 0 Å². The lowest BCUT2D eigenvalue weighted by Gasteiger charge is -2.40. The van der Waals surface area contributed by atoms with Crippen LogP contribution in [0.15, 0.2) is 60.8 Å². The summed E-state index contributed by atoms with van der Waals surface area (Å²) in [6, 6.07) is -0.822. The van der Waals surface area contributed by atoms with Gasteiger partial charge in [-0.15, -0.1) is 0 Å². The van der Waals surface area contributed by atoms with Gasteiger partial charge in [0.25, 0.3) is 0 Å². The zero-order valence-electron chi connectivity index (χ0n) is 52.3. The molecule has 1 saturated heterocycles. The van der Waals surface area contributed by atoms with E-state index < -0.39 is 49.5 Å². The molecule has 0 spiro atoms. The Hall–Kier alpha value is -2.11. The van der Waals surface area contributed by atoms with Gasteiger partial charge >= 0.3 is 0 Å². The summed E-state index contributed by atoms with van der Waals surface area (Å²) >= 11 is 0. The van der Waals surface area contributed by atoms with Gasteiger partial charge in [-0.2, -0.15) is 0 Å². The Morgan fingerprint density at radius 3 is 1.14 bits per heavy atom. The first-order valence-corrected chi connectivity index (χ1v) is 34.5. The highest BCUT2D eigenvalue weighted by atomic mass is 16.7. The maximum Gasteiger partial charge on any atom is 0.220 e. The zero-order chi connectivity index (χ0) is 57.9. The van der Waals surface area contributed by atoms with Crippen molar-refractivity contribution in [3.05, 3.63) is 60.8 Å². The van der Waals surface area contributed by atoms with Crippen molar-refractivity contribution in [1.29, 1.82) is 0 Å². The number of aliphatic hydroxyl groups is 5. The summed E-state index contributed by atoms with van der Waals surface area (Å²) in [4.78, 5) is 13.1. The number of carbonyl (C=O) groups is 1. The number of amides is 1. The average molecular weight is 1130 g/mol. The molecule has 6 N–H and O–H groups in total. The van der Waals surface area contributed by atoms with E-state index in [1.807, 2.05) is 6.08 Å². The maximum absolute atomic E-state index is 13.1. The number of hydrogen-bond acceptors (Lipinski definition) is 8. The molecule has 0 aliphatic carbocycles. The Bertz CT molecular complexity index is 1450. The van der Waals surface area contributed by atoms with Gasteiger partial charge in [0.1, 0.15) is 24.4 Å². The van der Waals surface area contributed by atoms with E-state index in [2.05, 4.69) is 67.8 Å². The van der Waals surface area contributed by atoms with E-state index in [-0.39, 0.29) is 12.5 Å². The largest absolute Gasteiger partial charge is 0.394 e. The van der Waals surface area contributed by atoms with Gasteiger partial charge in [0, 0.05) is 6.42 Å². The van der Waals surface area contributed by atoms with Gasteiger partial charge < -0.3 is 40.3 Å². The summed E-state index contributed by atoms with van der Waals surface area (Å²) in [7, 11) is 0. The smallest absolute Gasteiger partial charge is 0.220 e. The SMILES string of the molecule is CCCCCCC/C=C\C/C=C\C/C=C\CCCCCCCCCCCCCCCCCCCCCCCCCCC(=O)NC(COC1OC(CO)C(O)C(O)C1O)C(O)/C=C/CC/C=C/CCCCCCCCCCCCCC. The Morgan fingerprint density at radius 2 is 0.750 bits per heavy atom. The van der Waals surface area contributed by atoms with Crippen molar-refractivity contribution in [1.82, 2.24) is 5.32 Å². The fourth-order valence-electron chi connectivity index (χ4n) is 10.9. The molecule has 1 amide bonds. The summed E-state index contributed by atoms with van der Waals surface area (Å²) in [6.07, 6.45) is 76.2. The summed E-state index contributed by atoms with van der Waals surface area (Å²) < 4.78 is 11.3. The van der Waals surface area contributed by atoms with E-state index in [4.69, 9.17) is 9.47 Å². The quantitative estimate of drug-likeness (QED) is 0.0261. The Morgan fingerprint density at radius 1 is 0.425 bits per heavy atom. The highest BCUT2D eigenvalue weighted by molar-refractivity contribution is 5.76. The van der Waals surface area contributed by atoms with Crippen LogP contribution in [0.2, 0.25) is 0 Å².